The zero-order valence-corrected chi connectivity index (χ0v) is 11.5. The van der Waals surface area contributed by atoms with Gasteiger partial charge in [0.1, 0.15) is 5.70 Å². The van der Waals surface area contributed by atoms with Crippen molar-refractivity contribution in [2.24, 2.45) is 10.2 Å². The fourth-order valence-corrected chi connectivity index (χ4v) is 2.77. The van der Waals surface area contributed by atoms with E-state index >= 15 is 0 Å². The van der Waals surface area contributed by atoms with E-state index in [0.717, 1.165) is 16.3 Å². The Hall–Kier alpha value is -3.14. The molecule has 0 spiro atoms. The molecule has 0 aromatic heterocycles. The molecular weight excluding hydrogens is 276 g/mol. The Morgan fingerprint density at radius 3 is 2.59 bits per heavy atom. The largest absolute Gasteiger partial charge is 0.296 e. The number of azo groups is 1. The van der Waals surface area contributed by atoms with Crippen LogP contribution < -0.4 is 0 Å². The molecule has 1 heterocycles. The molecule has 0 radical (unpaired) electrons. The predicted octanol–water partition coefficient (Wildman–Crippen LogP) is 3.61. The molecule has 0 saturated heterocycles. The number of allylic oxidation sites excluding steroid dienone is 3. The van der Waals surface area contributed by atoms with Crippen LogP contribution in [0.15, 0.2) is 82.1 Å². The third kappa shape index (κ3) is 1.78. The maximum Gasteiger partial charge on any atom is 0.296 e. The fraction of sp³-hybridized carbons (Fsp3) is 0. The molecule has 0 atom stereocenters. The van der Waals surface area contributed by atoms with Crippen molar-refractivity contribution in [1.29, 1.82) is 0 Å². The van der Waals surface area contributed by atoms with Gasteiger partial charge >= 0.3 is 0 Å². The van der Waals surface area contributed by atoms with Crippen LogP contribution in [0.3, 0.4) is 0 Å². The number of nitrogens with zero attached hydrogens (tertiary/aromatic N) is 2. The van der Waals surface area contributed by atoms with Crippen LogP contribution in [-0.4, -0.2) is 11.7 Å². The second-order valence-corrected chi connectivity index (χ2v) is 5.06. The number of hydrogen-bond acceptors (Lipinski definition) is 3. The molecule has 1 aliphatic heterocycles. The van der Waals surface area contributed by atoms with Gasteiger partial charge in [-0.2, -0.15) is 0 Å². The molecule has 0 N–H and O–H groups in total. The lowest BCUT2D eigenvalue weighted by Gasteiger charge is -2.17. The maximum atomic E-state index is 12.3. The van der Waals surface area contributed by atoms with Crippen LogP contribution >= 0.6 is 0 Å². The molecule has 0 saturated carbocycles. The summed E-state index contributed by atoms with van der Waals surface area (Å²) in [5, 5.41) is 9.73. The highest BCUT2D eigenvalue weighted by Gasteiger charge is 2.29. The van der Waals surface area contributed by atoms with Gasteiger partial charge in [-0.15, -0.1) is 10.2 Å². The number of carbonyl (C=O) groups excluding carboxylic acids is 2. The lowest BCUT2D eigenvalue weighted by molar-refractivity contribution is -0.116. The number of fused-ring (bicyclic) bond motifs is 2. The number of rotatable bonds is 1. The lowest BCUT2D eigenvalue weighted by Crippen LogP contribution is -2.16. The molecule has 104 valence electrons. The number of hydrogen-bond donors (Lipinski definition) is 0. The molecule has 1 aliphatic carbocycles. The van der Waals surface area contributed by atoms with Gasteiger partial charge in [0.05, 0.1) is 11.1 Å². The Balaban J connectivity index is 2.06. The topological polar surface area (TPSA) is 58.9 Å². The van der Waals surface area contributed by atoms with Crippen molar-refractivity contribution in [2.45, 2.75) is 0 Å². The Bertz CT molecular complexity index is 957. The molecule has 4 nitrogen and oxygen atoms in total. The van der Waals surface area contributed by atoms with Crippen molar-refractivity contribution in [1.82, 2.24) is 0 Å². The van der Waals surface area contributed by atoms with Crippen molar-refractivity contribution in [3.05, 3.63) is 77.4 Å². The predicted molar refractivity (Wildman–Crippen MR) is 83.0 cm³/mol. The SMILES string of the molecule is O=C1C=CC=C2C(=O)N=NC(c3cccc4ccccc34)=C12. The van der Waals surface area contributed by atoms with Crippen molar-refractivity contribution >= 4 is 28.2 Å². The molecule has 0 unspecified atom stereocenters. The highest BCUT2D eigenvalue weighted by Crippen LogP contribution is 2.35. The van der Waals surface area contributed by atoms with E-state index in [0.29, 0.717) is 16.8 Å². The van der Waals surface area contributed by atoms with Gasteiger partial charge in [0, 0.05) is 5.56 Å². The van der Waals surface area contributed by atoms with Gasteiger partial charge in [-0.25, -0.2) is 0 Å². The summed E-state index contributed by atoms with van der Waals surface area (Å²) in [4.78, 5) is 24.1. The van der Waals surface area contributed by atoms with Crippen LogP contribution in [-0.2, 0) is 9.59 Å². The highest BCUT2D eigenvalue weighted by molar-refractivity contribution is 6.23. The summed E-state index contributed by atoms with van der Waals surface area (Å²) < 4.78 is 0. The minimum Gasteiger partial charge on any atom is -0.289 e. The van der Waals surface area contributed by atoms with Crippen LogP contribution in [0, 0.1) is 0 Å². The summed E-state index contributed by atoms with van der Waals surface area (Å²) >= 11 is 0. The quantitative estimate of drug-likeness (QED) is 0.804. The normalized spacial score (nSPS) is 17.0. The van der Waals surface area contributed by atoms with Gasteiger partial charge < -0.3 is 0 Å². The second kappa shape index (κ2) is 4.70. The van der Waals surface area contributed by atoms with Crippen LogP contribution in [0.4, 0.5) is 0 Å². The zero-order valence-electron chi connectivity index (χ0n) is 11.5. The van der Waals surface area contributed by atoms with E-state index in [9.17, 15) is 9.59 Å². The molecule has 22 heavy (non-hydrogen) atoms. The first-order valence-electron chi connectivity index (χ1n) is 6.87. The number of benzene rings is 2. The molecule has 0 bridgehead atoms. The smallest absolute Gasteiger partial charge is 0.289 e. The summed E-state index contributed by atoms with van der Waals surface area (Å²) in [6.07, 6.45) is 4.63. The van der Waals surface area contributed by atoms with E-state index in [1.165, 1.54) is 6.08 Å². The van der Waals surface area contributed by atoms with E-state index in [4.69, 9.17) is 0 Å². The van der Waals surface area contributed by atoms with Crippen LogP contribution in [0.5, 0.6) is 0 Å². The summed E-state index contributed by atoms with van der Waals surface area (Å²) in [5.41, 5.74) is 1.90. The van der Waals surface area contributed by atoms with Crippen LogP contribution in [0.1, 0.15) is 5.56 Å². The van der Waals surface area contributed by atoms with E-state index < -0.39 is 5.91 Å². The lowest BCUT2D eigenvalue weighted by atomic mass is 9.90. The van der Waals surface area contributed by atoms with Gasteiger partial charge in [0.15, 0.2) is 5.78 Å². The third-order valence-corrected chi connectivity index (χ3v) is 3.78. The standard InChI is InChI=1S/C18H10N2O2/c21-15-10-4-9-14-16(15)17(19-20-18(14)22)13-8-3-6-11-5-1-2-7-12(11)13/h1-10H. The minimum absolute atomic E-state index is 0.215. The summed E-state index contributed by atoms with van der Waals surface area (Å²) in [6.45, 7) is 0. The number of amides is 1. The van der Waals surface area contributed by atoms with Gasteiger partial charge in [-0.1, -0.05) is 48.5 Å². The second-order valence-electron chi connectivity index (χ2n) is 5.06. The van der Waals surface area contributed by atoms with E-state index in [-0.39, 0.29) is 5.78 Å². The highest BCUT2D eigenvalue weighted by atomic mass is 16.2. The average molecular weight is 286 g/mol. The molecule has 4 heteroatoms. The molecule has 2 aromatic carbocycles. The molecule has 1 amide bonds. The molecular formula is C18H10N2O2. The van der Waals surface area contributed by atoms with Gasteiger partial charge in [0.2, 0.25) is 0 Å². The Labute approximate surface area is 126 Å². The van der Waals surface area contributed by atoms with Crippen molar-refractivity contribution in [2.75, 3.05) is 0 Å². The molecule has 4 rings (SSSR count). The van der Waals surface area contributed by atoms with Crippen molar-refractivity contribution in [3.63, 3.8) is 0 Å². The van der Waals surface area contributed by atoms with E-state index in [2.05, 4.69) is 10.2 Å². The van der Waals surface area contributed by atoms with Crippen molar-refractivity contribution in [3.8, 4) is 0 Å². The molecule has 0 fully saturated rings. The van der Waals surface area contributed by atoms with Crippen LogP contribution in [0.2, 0.25) is 0 Å². The Morgan fingerprint density at radius 2 is 1.68 bits per heavy atom. The Kier molecular flexibility index (Phi) is 2.69. The van der Waals surface area contributed by atoms with Gasteiger partial charge in [-0.3, -0.25) is 9.59 Å². The third-order valence-electron chi connectivity index (χ3n) is 3.78. The number of carbonyl (C=O) groups is 2. The summed E-state index contributed by atoms with van der Waals surface area (Å²) in [5.74, 6) is -0.691. The van der Waals surface area contributed by atoms with Crippen LogP contribution in [0.25, 0.3) is 16.5 Å². The molecule has 2 aliphatic rings. The van der Waals surface area contributed by atoms with E-state index in [1.54, 1.807) is 12.2 Å². The summed E-state index contributed by atoms with van der Waals surface area (Å²) in [6, 6.07) is 13.6. The average Bonchev–Trinajstić information content (AvgIpc) is 2.56. The minimum atomic E-state index is -0.475. The summed E-state index contributed by atoms with van der Waals surface area (Å²) in [7, 11) is 0. The number of ketones is 1. The van der Waals surface area contributed by atoms with Gasteiger partial charge in [-0.05, 0) is 22.9 Å². The monoisotopic (exact) mass is 286 g/mol. The maximum absolute atomic E-state index is 12.3. The van der Waals surface area contributed by atoms with E-state index in [1.807, 2.05) is 42.5 Å². The zero-order chi connectivity index (χ0) is 15.1. The van der Waals surface area contributed by atoms with Crippen molar-refractivity contribution < 1.29 is 9.59 Å². The first-order valence-corrected chi connectivity index (χ1v) is 6.87. The Morgan fingerprint density at radius 1 is 0.864 bits per heavy atom. The molecule has 2 aromatic rings. The van der Waals surface area contributed by atoms with Gasteiger partial charge in [0.25, 0.3) is 5.91 Å². The fourth-order valence-electron chi connectivity index (χ4n) is 2.77. The first-order chi connectivity index (χ1) is 10.8. The first kappa shape index (κ1) is 12.6.